The SMILES string of the molecule is Cc1cc(=O)n2c(n1)CCC(C(=O)O)C2. The zero-order valence-electron chi connectivity index (χ0n) is 8.43. The van der Waals surface area contributed by atoms with Gasteiger partial charge < -0.3 is 5.11 Å². The second-order valence-corrected chi connectivity index (χ2v) is 3.84. The Morgan fingerprint density at radius 2 is 2.40 bits per heavy atom. The van der Waals surface area contributed by atoms with Gasteiger partial charge >= 0.3 is 5.97 Å². The molecule has 1 atom stereocenters. The van der Waals surface area contributed by atoms with E-state index in [4.69, 9.17) is 5.11 Å². The molecule has 0 aromatic carbocycles. The van der Waals surface area contributed by atoms with Crippen LogP contribution < -0.4 is 5.56 Å². The molecule has 80 valence electrons. The van der Waals surface area contributed by atoms with Crippen molar-refractivity contribution in [1.82, 2.24) is 9.55 Å². The number of hydrogen-bond acceptors (Lipinski definition) is 3. The summed E-state index contributed by atoms with van der Waals surface area (Å²) in [5.41, 5.74) is 0.545. The van der Waals surface area contributed by atoms with Crippen LogP contribution in [0.2, 0.25) is 0 Å². The Kier molecular flexibility index (Phi) is 2.30. The molecule has 1 aliphatic rings. The number of aryl methyl sites for hydroxylation is 2. The van der Waals surface area contributed by atoms with E-state index in [1.807, 2.05) is 0 Å². The predicted octanol–water partition coefficient (Wildman–Crippen LogP) is 0.199. The summed E-state index contributed by atoms with van der Waals surface area (Å²) in [5.74, 6) is -0.592. The van der Waals surface area contributed by atoms with Crippen molar-refractivity contribution in [3.05, 3.63) is 27.9 Å². The number of nitrogens with zero attached hydrogens (tertiary/aromatic N) is 2. The summed E-state index contributed by atoms with van der Waals surface area (Å²) in [4.78, 5) is 26.6. The van der Waals surface area contributed by atoms with Gasteiger partial charge in [0.15, 0.2) is 0 Å². The van der Waals surface area contributed by atoms with Gasteiger partial charge in [-0.3, -0.25) is 14.2 Å². The summed E-state index contributed by atoms with van der Waals surface area (Å²) >= 11 is 0. The summed E-state index contributed by atoms with van der Waals surface area (Å²) in [6.07, 6.45) is 1.12. The van der Waals surface area contributed by atoms with E-state index in [0.29, 0.717) is 24.4 Å². The fourth-order valence-electron chi connectivity index (χ4n) is 1.88. The highest BCUT2D eigenvalue weighted by Crippen LogP contribution is 2.16. The molecule has 15 heavy (non-hydrogen) atoms. The zero-order chi connectivity index (χ0) is 11.0. The van der Waals surface area contributed by atoms with Crippen LogP contribution in [0.4, 0.5) is 0 Å². The number of rotatable bonds is 1. The van der Waals surface area contributed by atoms with Crippen molar-refractivity contribution in [3.8, 4) is 0 Å². The molecule has 1 N–H and O–H groups in total. The van der Waals surface area contributed by atoms with Gasteiger partial charge in [-0.15, -0.1) is 0 Å². The lowest BCUT2D eigenvalue weighted by Gasteiger charge is -2.22. The van der Waals surface area contributed by atoms with Crippen LogP contribution in [-0.2, 0) is 17.8 Å². The predicted molar refractivity (Wildman–Crippen MR) is 52.7 cm³/mol. The maximum Gasteiger partial charge on any atom is 0.308 e. The molecule has 0 aliphatic carbocycles. The third-order valence-electron chi connectivity index (χ3n) is 2.68. The number of carboxylic acids is 1. The topological polar surface area (TPSA) is 72.2 Å². The second kappa shape index (κ2) is 3.49. The lowest BCUT2D eigenvalue weighted by atomic mass is 9.99. The molecule has 5 heteroatoms. The minimum atomic E-state index is -0.840. The Labute approximate surface area is 86.4 Å². The van der Waals surface area contributed by atoms with Crippen molar-refractivity contribution in [2.75, 3.05) is 0 Å². The maximum atomic E-state index is 11.6. The number of carbonyl (C=O) groups is 1. The summed E-state index contributed by atoms with van der Waals surface area (Å²) in [6, 6.07) is 1.44. The summed E-state index contributed by atoms with van der Waals surface area (Å²) in [6.45, 7) is 2.02. The van der Waals surface area contributed by atoms with Crippen LogP contribution in [-0.4, -0.2) is 20.6 Å². The van der Waals surface area contributed by atoms with Gasteiger partial charge in [0.2, 0.25) is 0 Å². The molecule has 0 spiro atoms. The Morgan fingerprint density at radius 1 is 1.67 bits per heavy atom. The number of carboxylic acid groups (broad SMARTS) is 1. The van der Waals surface area contributed by atoms with Gasteiger partial charge in [-0.2, -0.15) is 0 Å². The van der Waals surface area contributed by atoms with Crippen LogP contribution >= 0.6 is 0 Å². The van der Waals surface area contributed by atoms with Crippen LogP contribution in [0.1, 0.15) is 17.9 Å². The standard InChI is InChI=1S/C10H12N2O3/c1-6-4-9(13)12-5-7(10(14)15)2-3-8(12)11-6/h4,7H,2-3,5H2,1H3,(H,14,15). The van der Waals surface area contributed by atoms with Gasteiger partial charge in [0.1, 0.15) is 5.82 Å². The van der Waals surface area contributed by atoms with E-state index in [0.717, 1.165) is 0 Å². The van der Waals surface area contributed by atoms with E-state index in [9.17, 15) is 9.59 Å². The Bertz CT molecular complexity index is 464. The van der Waals surface area contributed by atoms with Gasteiger partial charge in [0, 0.05) is 24.7 Å². The number of aromatic nitrogens is 2. The molecule has 2 rings (SSSR count). The lowest BCUT2D eigenvalue weighted by molar-refractivity contribution is -0.142. The second-order valence-electron chi connectivity index (χ2n) is 3.84. The Balaban J connectivity index is 2.42. The first-order valence-electron chi connectivity index (χ1n) is 4.88. The van der Waals surface area contributed by atoms with Gasteiger partial charge in [-0.25, -0.2) is 4.98 Å². The minimum absolute atomic E-state index is 0.150. The highest BCUT2D eigenvalue weighted by Gasteiger charge is 2.25. The summed E-state index contributed by atoms with van der Waals surface area (Å²) < 4.78 is 1.47. The summed E-state index contributed by atoms with van der Waals surface area (Å²) in [7, 11) is 0. The van der Waals surface area contributed by atoms with Crippen molar-refractivity contribution in [3.63, 3.8) is 0 Å². The molecule has 0 amide bonds. The quantitative estimate of drug-likeness (QED) is 0.715. The van der Waals surface area contributed by atoms with Crippen molar-refractivity contribution < 1.29 is 9.90 Å². The fourth-order valence-corrected chi connectivity index (χ4v) is 1.88. The van der Waals surface area contributed by atoms with E-state index < -0.39 is 11.9 Å². The zero-order valence-corrected chi connectivity index (χ0v) is 8.43. The average Bonchev–Trinajstić information content (AvgIpc) is 2.16. The first-order valence-corrected chi connectivity index (χ1v) is 4.88. The molecule has 1 unspecified atom stereocenters. The summed E-state index contributed by atoms with van der Waals surface area (Å²) in [5, 5.41) is 8.87. The van der Waals surface area contributed by atoms with Crippen molar-refractivity contribution in [2.24, 2.45) is 5.92 Å². The normalized spacial score (nSPS) is 19.7. The molecule has 2 heterocycles. The van der Waals surface area contributed by atoms with Gasteiger partial charge in [0.25, 0.3) is 5.56 Å². The molecule has 1 aromatic heterocycles. The largest absolute Gasteiger partial charge is 0.481 e. The monoisotopic (exact) mass is 208 g/mol. The van der Waals surface area contributed by atoms with Crippen LogP contribution in [0.3, 0.4) is 0 Å². The maximum absolute atomic E-state index is 11.6. The average molecular weight is 208 g/mol. The van der Waals surface area contributed by atoms with E-state index in [-0.39, 0.29) is 12.1 Å². The van der Waals surface area contributed by atoms with Crippen LogP contribution in [0, 0.1) is 12.8 Å². The third-order valence-corrected chi connectivity index (χ3v) is 2.68. The van der Waals surface area contributed by atoms with E-state index in [2.05, 4.69) is 4.98 Å². The van der Waals surface area contributed by atoms with Crippen molar-refractivity contribution >= 4 is 5.97 Å². The molecule has 0 radical (unpaired) electrons. The highest BCUT2D eigenvalue weighted by molar-refractivity contribution is 5.70. The van der Waals surface area contributed by atoms with Crippen LogP contribution in [0.15, 0.2) is 10.9 Å². The fraction of sp³-hybridized carbons (Fsp3) is 0.500. The first kappa shape index (κ1) is 9.89. The van der Waals surface area contributed by atoms with E-state index >= 15 is 0 Å². The van der Waals surface area contributed by atoms with E-state index in [1.54, 1.807) is 6.92 Å². The molecular weight excluding hydrogens is 196 g/mol. The first-order chi connectivity index (χ1) is 7.08. The lowest BCUT2D eigenvalue weighted by Crippen LogP contribution is -2.35. The number of fused-ring (bicyclic) bond motifs is 1. The van der Waals surface area contributed by atoms with Crippen molar-refractivity contribution in [1.29, 1.82) is 0 Å². The molecule has 0 saturated carbocycles. The molecule has 0 fully saturated rings. The number of hydrogen-bond donors (Lipinski definition) is 1. The number of aliphatic carboxylic acids is 1. The van der Waals surface area contributed by atoms with Crippen LogP contribution in [0.25, 0.3) is 0 Å². The van der Waals surface area contributed by atoms with Gasteiger partial charge in [-0.05, 0) is 13.3 Å². The molecule has 0 bridgehead atoms. The van der Waals surface area contributed by atoms with Crippen molar-refractivity contribution in [2.45, 2.75) is 26.3 Å². The molecule has 1 aromatic rings. The molecule has 1 aliphatic heterocycles. The van der Waals surface area contributed by atoms with Gasteiger partial charge in [0.05, 0.1) is 5.92 Å². The molecule has 0 saturated heterocycles. The Morgan fingerprint density at radius 3 is 3.07 bits per heavy atom. The van der Waals surface area contributed by atoms with E-state index in [1.165, 1.54) is 10.6 Å². The highest BCUT2D eigenvalue weighted by atomic mass is 16.4. The minimum Gasteiger partial charge on any atom is -0.481 e. The smallest absolute Gasteiger partial charge is 0.308 e. The molecular formula is C10H12N2O3. The van der Waals surface area contributed by atoms with Crippen LogP contribution in [0.5, 0.6) is 0 Å². The third kappa shape index (κ3) is 1.77. The molecule has 5 nitrogen and oxygen atoms in total. The Hall–Kier alpha value is -1.65. The van der Waals surface area contributed by atoms with Gasteiger partial charge in [-0.1, -0.05) is 0 Å².